The predicted molar refractivity (Wildman–Crippen MR) is 109 cm³/mol. The molecule has 0 spiro atoms. The second-order valence-electron chi connectivity index (χ2n) is 8.04. The fourth-order valence-electron chi connectivity index (χ4n) is 3.02. The Hall–Kier alpha value is -1.66. The van der Waals surface area contributed by atoms with Crippen molar-refractivity contribution < 1.29 is 9.47 Å². The predicted octanol–water partition coefficient (Wildman–Crippen LogP) is 3.86. The Kier molecular flexibility index (Phi) is 6.37. The van der Waals surface area contributed by atoms with E-state index in [2.05, 4.69) is 41.0 Å². The zero-order chi connectivity index (χ0) is 19.4. The Labute approximate surface area is 165 Å². The van der Waals surface area contributed by atoms with Crippen molar-refractivity contribution in [2.75, 3.05) is 25.1 Å². The first-order chi connectivity index (χ1) is 12.9. The topological polar surface area (TPSA) is 85.0 Å². The molecule has 0 atom stereocenters. The zero-order valence-corrected chi connectivity index (χ0v) is 17.8. The number of aromatic nitrogens is 3. The molecular weight excluding hydrogens is 382 g/mol. The molecule has 7 nitrogen and oxygen atoms in total. The molecular formula is C18H26ClN5O2Si. The van der Waals surface area contributed by atoms with Gasteiger partial charge in [0.2, 0.25) is 5.28 Å². The van der Waals surface area contributed by atoms with E-state index in [1.54, 1.807) is 6.20 Å². The van der Waals surface area contributed by atoms with Gasteiger partial charge in [-0.25, -0.2) is 0 Å². The molecule has 1 N–H and O–H groups in total. The van der Waals surface area contributed by atoms with Crippen LogP contribution in [0.15, 0.2) is 6.20 Å². The van der Waals surface area contributed by atoms with Gasteiger partial charge in [0.25, 0.3) is 0 Å². The minimum absolute atomic E-state index is 0.156. The van der Waals surface area contributed by atoms with Crippen LogP contribution in [-0.2, 0) is 16.2 Å². The maximum absolute atomic E-state index is 9.59. The summed E-state index contributed by atoms with van der Waals surface area (Å²) >= 11 is 6.17. The molecule has 146 valence electrons. The number of halogens is 1. The number of ether oxygens (including phenoxy) is 2. The monoisotopic (exact) mass is 407 g/mol. The third-order valence-electron chi connectivity index (χ3n) is 4.60. The number of rotatable bonds is 7. The van der Waals surface area contributed by atoms with Crippen molar-refractivity contribution in [2.45, 2.75) is 51.3 Å². The van der Waals surface area contributed by atoms with E-state index in [9.17, 15) is 5.26 Å². The van der Waals surface area contributed by atoms with Crippen LogP contribution in [0.2, 0.25) is 31.0 Å². The van der Waals surface area contributed by atoms with E-state index in [-0.39, 0.29) is 11.3 Å². The van der Waals surface area contributed by atoms with Gasteiger partial charge < -0.3 is 19.4 Å². The maximum Gasteiger partial charge on any atom is 0.226 e. The molecule has 1 fully saturated rings. The molecule has 0 bridgehead atoms. The van der Waals surface area contributed by atoms with Gasteiger partial charge in [-0.2, -0.15) is 15.2 Å². The van der Waals surface area contributed by atoms with Crippen LogP contribution in [-0.4, -0.2) is 48.5 Å². The minimum Gasteiger partial charge on any atom is -0.381 e. The molecule has 2 aromatic heterocycles. The van der Waals surface area contributed by atoms with Crippen molar-refractivity contribution in [1.29, 1.82) is 5.26 Å². The van der Waals surface area contributed by atoms with E-state index < -0.39 is 8.07 Å². The molecule has 0 radical (unpaired) electrons. The van der Waals surface area contributed by atoms with Crippen LogP contribution < -0.4 is 5.32 Å². The van der Waals surface area contributed by atoms with E-state index >= 15 is 0 Å². The fraction of sp³-hybridized carbons (Fsp3) is 0.611. The largest absolute Gasteiger partial charge is 0.381 e. The van der Waals surface area contributed by atoms with Gasteiger partial charge in [-0.15, -0.1) is 0 Å². The summed E-state index contributed by atoms with van der Waals surface area (Å²) in [6, 6.07) is 3.58. The van der Waals surface area contributed by atoms with Crippen LogP contribution in [0, 0.1) is 11.3 Å². The van der Waals surface area contributed by atoms with Crippen molar-refractivity contribution in [1.82, 2.24) is 14.5 Å². The fourth-order valence-corrected chi connectivity index (χ4v) is 3.95. The molecule has 1 aliphatic heterocycles. The Balaban J connectivity index is 1.84. The Morgan fingerprint density at radius 2 is 2.11 bits per heavy atom. The van der Waals surface area contributed by atoms with Crippen molar-refractivity contribution >= 4 is 36.5 Å². The molecule has 3 rings (SSSR count). The molecule has 3 heterocycles. The van der Waals surface area contributed by atoms with Gasteiger partial charge in [0.05, 0.1) is 10.9 Å². The van der Waals surface area contributed by atoms with Gasteiger partial charge in [-0.1, -0.05) is 19.6 Å². The number of nitrogens with one attached hydrogen (secondary N) is 1. The normalized spacial score (nSPS) is 15.8. The molecule has 27 heavy (non-hydrogen) atoms. The van der Waals surface area contributed by atoms with E-state index in [4.69, 9.17) is 21.1 Å². The van der Waals surface area contributed by atoms with Crippen molar-refractivity contribution in [3.63, 3.8) is 0 Å². The number of hydrogen-bond donors (Lipinski definition) is 1. The first-order valence-corrected chi connectivity index (χ1v) is 13.3. The lowest BCUT2D eigenvalue weighted by atomic mass is 10.1. The van der Waals surface area contributed by atoms with Crippen LogP contribution in [0.25, 0.3) is 11.0 Å². The summed E-state index contributed by atoms with van der Waals surface area (Å²) in [6.07, 6.45) is 3.55. The van der Waals surface area contributed by atoms with Gasteiger partial charge in [-0.05, 0) is 30.5 Å². The van der Waals surface area contributed by atoms with Crippen LogP contribution >= 0.6 is 11.6 Å². The van der Waals surface area contributed by atoms with Gasteiger partial charge >= 0.3 is 0 Å². The van der Waals surface area contributed by atoms with Crippen molar-refractivity contribution in [3.05, 3.63) is 17.0 Å². The second-order valence-corrected chi connectivity index (χ2v) is 14.0. The highest BCUT2D eigenvalue weighted by Gasteiger charge is 2.21. The molecule has 0 aromatic carbocycles. The Bertz CT molecular complexity index is 837. The van der Waals surface area contributed by atoms with Gasteiger partial charge in [-0.3, -0.25) is 0 Å². The van der Waals surface area contributed by atoms with Crippen LogP contribution in [0.5, 0.6) is 0 Å². The molecule has 9 heteroatoms. The summed E-state index contributed by atoms with van der Waals surface area (Å²) in [5.41, 5.74) is 1.14. The third-order valence-corrected chi connectivity index (χ3v) is 6.47. The summed E-state index contributed by atoms with van der Waals surface area (Å²) in [5.74, 6) is 0.606. The SMILES string of the molecule is C[Si](C)(C)CCOCn1cc(C#N)c2c(NC3CCOCC3)nc(Cl)nc21. The lowest BCUT2D eigenvalue weighted by Crippen LogP contribution is -2.28. The van der Waals surface area contributed by atoms with Crippen LogP contribution in [0.3, 0.4) is 0 Å². The highest BCUT2D eigenvalue weighted by atomic mass is 35.5. The highest BCUT2D eigenvalue weighted by molar-refractivity contribution is 6.76. The molecule has 1 aliphatic rings. The minimum atomic E-state index is -1.15. The smallest absolute Gasteiger partial charge is 0.226 e. The zero-order valence-electron chi connectivity index (χ0n) is 16.1. The Morgan fingerprint density at radius 3 is 2.78 bits per heavy atom. The van der Waals surface area contributed by atoms with Gasteiger partial charge in [0.15, 0.2) is 0 Å². The molecule has 0 saturated carbocycles. The quantitative estimate of drug-likeness (QED) is 0.426. The van der Waals surface area contributed by atoms with Crippen molar-refractivity contribution in [3.8, 4) is 6.07 Å². The van der Waals surface area contributed by atoms with Gasteiger partial charge in [0.1, 0.15) is 24.3 Å². The first-order valence-electron chi connectivity index (χ1n) is 9.26. The summed E-state index contributed by atoms with van der Waals surface area (Å²) in [4.78, 5) is 8.70. The average Bonchev–Trinajstić information content (AvgIpc) is 2.96. The van der Waals surface area contributed by atoms with Crippen molar-refractivity contribution in [2.24, 2.45) is 0 Å². The number of nitriles is 1. The van der Waals surface area contributed by atoms with E-state index in [1.165, 1.54) is 0 Å². The molecule has 1 saturated heterocycles. The van der Waals surface area contributed by atoms with E-state index in [0.29, 0.717) is 35.8 Å². The standard InChI is InChI=1S/C18H26ClN5O2Si/c1-27(2,3)9-8-26-12-24-11-13(10-20)15-16(22-18(19)23-17(15)24)21-14-4-6-25-7-5-14/h11,14H,4-9,12H2,1-3H3,(H,21,22,23). The van der Waals surface area contributed by atoms with E-state index in [1.807, 2.05) is 4.57 Å². The molecule has 2 aromatic rings. The lowest BCUT2D eigenvalue weighted by molar-refractivity contribution is 0.0898. The number of nitrogens with zero attached hydrogens (tertiary/aromatic N) is 4. The molecule has 0 aliphatic carbocycles. The number of fused-ring (bicyclic) bond motifs is 1. The first kappa shape index (κ1) is 20.1. The number of anilines is 1. The highest BCUT2D eigenvalue weighted by Crippen LogP contribution is 2.29. The van der Waals surface area contributed by atoms with Crippen LogP contribution in [0.1, 0.15) is 18.4 Å². The summed E-state index contributed by atoms with van der Waals surface area (Å²) < 4.78 is 13.1. The molecule has 0 unspecified atom stereocenters. The molecule has 0 amide bonds. The summed E-state index contributed by atoms with van der Waals surface area (Å²) in [7, 11) is -1.15. The summed E-state index contributed by atoms with van der Waals surface area (Å²) in [5, 5.41) is 13.9. The maximum atomic E-state index is 9.59. The lowest BCUT2D eigenvalue weighted by Gasteiger charge is -2.24. The van der Waals surface area contributed by atoms with Crippen LogP contribution in [0.4, 0.5) is 5.82 Å². The van der Waals surface area contributed by atoms with E-state index in [0.717, 1.165) is 32.1 Å². The van der Waals surface area contributed by atoms with Gasteiger partial charge in [0, 0.05) is 40.1 Å². The third kappa shape index (κ3) is 5.20. The average molecular weight is 408 g/mol. The Morgan fingerprint density at radius 1 is 1.37 bits per heavy atom. The number of hydrogen-bond acceptors (Lipinski definition) is 6. The second kappa shape index (κ2) is 8.57. The summed E-state index contributed by atoms with van der Waals surface area (Å²) in [6.45, 7) is 9.42.